The van der Waals surface area contributed by atoms with Gasteiger partial charge in [-0.2, -0.15) is 0 Å². The van der Waals surface area contributed by atoms with Crippen molar-refractivity contribution in [1.29, 1.82) is 0 Å². The lowest BCUT2D eigenvalue weighted by Gasteiger charge is -2.27. The van der Waals surface area contributed by atoms with Gasteiger partial charge in [0.1, 0.15) is 5.65 Å². The fourth-order valence-corrected chi connectivity index (χ4v) is 2.61. The summed E-state index contributed by atoms with van der Waals surface area (Å²) in [6, 6.07) is 1.67. The largest absolute Gasteiger partial charge is 0.463 e. The summed E-state index contributed by atoms with van der Waals surface area (Å²) in [6.45, 7) is 5.11. The van der Waals surface area contributed by atoms with Crippen LogP contribution in [-0.4, -0.2) is 34.1 Å². The number of carbonyl (C=O) groups is 2. The fraction of sp³-hybridized carbons (Fsp3) is 0.438. The topological polar surface area (TPSA) is 81.3 Å². The Morgan fingerprint density at radius 1 is 1.39 bits per heavy atom. The summed E-state index contributed by atoms with van der Waals surface area (Å²) < 4.78 is 10.4. The third-order valence-corrected chi connectivity index (χ3v) is 3.78. The van der Waals surface area contributed by atoms with Crippen LogP contribution in [0.2, 0.25) is 5.02 Å². The first kappa shape index (κ1) is 17.3. The van der Waals surface area contributed by atoms with Gasteiger partial charge in [0.2, 0.25) is 5.60 Å². The van der Waals surface area contributed by atoms with Gasteiger partial charge < -0.3 is 14.5 Å². The maximum atomic E-state index is 12.3. The van der Waals surface area contributed by atoms with Crippen LogP contribution in [0.25, 0.3) is 11.0 Å². The molecule has 0 saturated heterocycles. The van der Waals surface area contributed by atoms with E-state index in [-0.39, 0.29) is 19.4 Å². The molecule has 1 N–H and O–H groups in total. The number of rotatable bonds is 6. The van der Waals surface area contributed by atoms with Crippen LogP contribution in [0.3, 0.4) is 0 Å². The molecule has 23 heavy (non-hydrogen) atoms. The molecule has 0 aromatic carbocycles. The molecule has 7 heteroatoms. The zero-order valence-electron chi connectivity index (χ0n) is 13.3. The molecule has 124 valence electrons. The number of esters is 2. The van der Waals surface area contributed by atoms with Crippen molar-refractivity contribution in [2.75, 3.05) is 6.61 Å². The van der Waals surface area contributed by atoms with Gasteiger partial charge in [0.05, 0.1) is 11.6 Å². The van der Waals surface area contributed by atoms with Crippen molar-refractivity contribution in [3.05, 3.63) is 29.0 Å². The van der Waals surface area contributed by atoms with Crippen molar-refractivity contribution in [2.45, 2.75) is 39.2 Å². The Bertz CT molecular complexity index is 728. The highest BCUT2D eigenvalue weighted by Crippen LogP contribution is 2.29. The molecular weight excluding hydrogens is 320 g/mol. The highest BCUT2D eigenvalue weighted by atomic mass is 35.5. The minimum atomic E-state index is -1.42. The molecule has 0 fully saturated rings. The average Bonchev–Trinajstić information content (AvgIpc) is 2.91. The molecular formula is C16H19ClN2O4. The molecule has 0 aliphatic rings. The van der Waals surface area contributed by atoms with Gasteiger partial charge in [0.15, 0.2) is 0 Å². The first-order chi connectivity index (χ1) is 10.9. The second-order valence-electron chi connectivity index (χ2n) is 5.29. The van der Waals surface area contributed by atoms with E-state index < -0.39 is 17.5 Å². The van der Waals surface area contributed by atoms with Crippen molar-refractivity contribution in [3.63, 3.8) is 0 Å². The molecule has 2 heterocycles. The lowest BCUT2D eigenvalue weighted by Crippen LogP contribution is -2.43. The van der Waals surface area contributed by atoms with Gasteiger partial charge in [-0.15, -0.1) is 0 Å². The zero-order chi connectivity index (χ0) is 17.0. The molecule has 2 aromatic rings. The van der Waals surface area contributed by atoms with Crippen LogP contribution in [-0.2, 0) is 25.5 Å². The van der Waals surface area contributed by atoms with Gasteiger partial charge in [-0.1, -0.05) is 18.5 Å². The monoisotopic (exact) mass is 338 g/mol. The summed E-state index contributed by atoms with van der Waals surface area (Å²) in [5.41, 5.74) is -0.0738. The molecule has 0 aliphatic carbocycles. The quantitative estimate of drug-likeness (QED) is 0.819. The summed E-state index contributed by atoms with van der Waals surface area (Å²) in [5.74, 6) is -1.05. The van der Waals surface area contributed by atoms with Gasteiger partial charge in [0, 0.05) is 30.6 Å². The van der Waals surface area contributed by atoms with E-state index >= 15 is 0 Å². The van der Waals surface area contributed by atoms with Crippen molar-refractivity contribution in [3.8, 4) is 0 Å². The van der Waals surface area contributed by atoms with Gasteiger partial charge in [0.25, 0.3) is 0 Å². The Labute approximate surface area is 139 Å². The molecule has 0 amide bonds. The summed E-state index contributed by atoms with van der Waals surface area (Å²) in [7, 11) is 0. The van der Waals surface area contributed by atoms with Gasteiger partial charge in [-0.3, -0.25) is 4.79 Å². The van der Waals surface area contributed by atoms with E-state index in [9.17, 15) is 9.59 Å². The molecule has 0 saturated carbocycles. The minimum absolute atomic E-state index is 0.142. The molecule has 1 atom stereocenters. The number of aromatic amines is 1. The minimum Gasteiger partial charge on any atom is -0.463 e. The Morgan fingerprint density at radius 3 is 2.78 bits per heavy atom. The van der Waals surface area contributed by atoms with Crippen molar-refractivity contribution >= 4 is 34.6 Å². The van der Waals surface area contributed by atoms with Crippen LogP contribution < -0.4 is 0 Å². The van der Waals surface area contributed by atoms with Crippen LogP contribution in [0.1, 0.15) is 32.8 Å². The molecule has 1 unspecified atom stereocenters. The maximum absolute atomic E-state index is 12.3. The molecule has 0 bridgehead atoms. The van der Waals surface area contributed by atoms with E-state index in [1.807, 2.05) is 0 Å². The smallest absolute Gasteiger partial charge is 0.350 e. The first-order valence-corrected chi connectivity index (χ1v) is 7.78. The fourth-order valence-electron chi connectivity index (χ4n) is 2.34. The molecule has 0 aliphatic heterocycles. The molecule has 6 nitrogen and oxygen atoms in total. The van der Waals surface area contributed by atoms with Crippen molar-refractivity contribution in [1.82, 2.24) is 9.97 Å². The van der Waals surface area contributed by atoms with Crippen LogP contribution in [0.5, 0.6) is 0 Å². The predicted molar refractivity (Wildman–Crippen MR) is 86.2 cm³/mol. The number of fused-ring (bicyclic) bond motifs is 1. The summed E-state index contributed by atoms with van der Waals surface area (Å²) in [6.07, 6.45) is 3.61. The van der Waals surface area contributed by atoms with E-state index in [1.54, 1.807) is 39.2 Å². The third-order valence-electron chi connectivity index (χ3n) is 3.47. The number of nitrogens with one attached hydrogen (secondary N) is 1. The average molecular weight is 339 g/mol. The lowest BCUT2D eigenvalue weighted by molar-refractivity contribution is -0.180. The summed E-state index contributed by atoms with van der Waals surface area (Å²) in [5, 5.41) is 1.22. The molecule has 0 radical (unpaired) electrons. The molecule has 0 spiro atoms. The van der Waals surface area contributed by atoms with Crippen LogP contribution in [0.4, 0.5) is 0 Å². The number of pyridine rings is 1. The van der Waals surface area contributed by atoms with Crippen LogP contribution >= 0.6 is 11.6 Å². The van der Waals surface area contributed by atoms with Crippen LogP contribution in [0.15, 0.2) is 18.5 Å². The number of carbonyl (C=O) groups excluding carboxylic acids is 2. The Kier molecular flexibility index (Phi) is 5.26. The van der Waals surface area contributed by atoms with Crippen LogP contribution in [0, 0.1) is 0 Å². The van der Waals surface area contributed by atoms with Crippen molar-refractivity contribution < 1.29 is 19.1 Å². The number of ether oxygens (including phenoxy) is 2. The van der Waals surface area contributed by atoms with E-state index in [0.717, 1.165) is 5.56 Å². The highest BCUT2D eigenvalue weighted by molar-refractivity contribution is 6.35. The van der Waals surface area contributed by atoms with Gasteiger partial charge in [-0.05, 0) is 25.5 Å². The van der Waals surface area contributed by atoms with E-state index in [2.05, 4.69) is 9.97 Å². The number of nitrogens with zero attached hydrogens (tertiary/aromatic N) is 1. The maximum Gasteiger partial charge on any atom is 0.350 e. The molecule has 2 rings (SSSR count). The predicted octanol–water partition coefficient (Wildman–Crippen LogP) is 3.03. The van der Waals surface area contributed by atoms with E-state index in [4.69, 9.17) is 21.1 Å². The van der Waals surface area contributed by atoms with E-state index in [1.165, 1.54) is 0 Å². The highest BCUT2D eigenvalue weighted by Gasteiger charge is 2.39. The van der Waals surface area contributed by atoms with E-state index in [0.29, 0.717) is 16.1 Å². The standard InChI is InChI=1S/C16H19ClN2O4/c1-4-12(20)23-16(3,15(21)22-5-2)8-10-9-19-14-13(10)11(17)6-7-18-14/h6-7,9H,4-5,8H2,1-3H3,(H,18,19). The summed E-state index contributed by atoms with van der Waals surface area (Å²) >= 11 is 6.22. The number of H-pyrrole nitrogens is 1. The SMILES string of the molecule is CCOC(=O)C(C)(Cc1c[nH]c2nccc(Cl)c12)OC(=O)CC. The summed E-state index contributed by atoms with van der Waals surface area (Å²) in [4.78, 5) is 31.2. The normalized spacial score (nSPS) is 13.6. The lowest BCUT2D eigenvalue weighted by atomic mass is 9.96. The second-order valence-corrected chi connectivity index (χ2v) is 5.69. The van der Waals surface area contributed by atoms with Gasteiger partial charge >= 0.3 is 11.9 Å². The zero-order valence-corrected chi connectivity index (χ0v) is 14.1. The Morgan fingerprint density at radius 2 is 2.13 bits per heavy atom. The third kappa shape index (κ3) is 3.64. The molecule has 2 aromatic heterocycles. The number of hydrogen-bond donors (Lipinski definition) is 1. The Hall–Kier alpha value is -2.08. The number of halogens is 1. The number of hydrogen-bond acceptors (Lipinski definition) is 5. The second kappa shape index (κ2) is 7.00. The Balaban J connectivity index is 2.39. The first-order valence-electron chi connectivity index (χ1n) is 7.40. The van der Waals surface area contributed by atoms with Gasteiger partial charge in [-0.25, -0.2) is 9.78 Å². The number of aromatic nitrogens is 2. The van der Waals surface area contributed by atoms with Crippen molar-refractivity contribution in [2.24, 2.45) is 0 Å².